The SMILES string of the molecule is COc1ccc(-c2cc(C(=O)O)cc(-c3ccc(OC)cc3)[n+]2Cc2ccccc2)cc1. The van der Waals surface area contributed by atoms with Crippen LogP contribution in [0, 0.1) is 0 Å². The van der Waals surface area contributed by atoms with Crippen LogP contribution in [0.25, 0.3) is 22.5 Å². The van der Waals surface area contributed by atoms with Gasteiger partial charge in [-0.25, -0.2) is 4.79 Å². The lowest BCUT2D eigenvalue weighted by Gasteiger charge is -2.12. The van der Waals surface area contributed by atoms with E-state index in [2.05, 4.69) is 16.7 Å². The molecule has 1 heterocycles. The van der Waals surface area contributed by atoms with E-state index < -0.39 is 5.97 Å². The third-order valence-electron chi connectivity index (χ3n) is 5.37. The number of ether oxygens (including phenoxy) is 2. The summed E-state index contributed by atoms with van der Waals surface area (Å²) in [5, 5.41) is 9.82. The molecule has 0 aliphatic carbocycles. The maximum atomic E-state index is 12.0. The minimum absolute atomic E-state index is 0.228. The number of aromatic nitrogens is 1. The number of hydrogen-bond acceptors (Lipinski definition) is 3. The smallest absolute Gasteiger partial charge is 0.336 e. The Morgan fingerprint density at radius 2 is 1.22 bits per heavy atom. The molecule has 0 fully saturated rings. The van der Waals surface area contributed by atoms with Gasteiger partial charge in [0.2, 0.25) is 11.4 Å². The van der Waals surface area contributed by atoms with Crippen LogP contribution in [-0.4, -0.2) is 25.3 Å². The highest BCUT2D eigenvalue weighted by Gasteiger charge is 2.24. The van der Waals surface area contributed by atoms with Crippen molar-refractivity contribution in [1.29, 1.82) is 0 Å². The molecule has 0 atom stereocenters. The molecule has 1 aromatic heterocycles. The number of carbonyl (C=O) groups is 1. The molecule has 4 rings (SSSR count). The van der Waals surface area contributed by atoms with Crippen molar-refractivity contribution in [3.63, 3.8) is 0 Å². The van der Waals surface area contributed by atoms with Crippen molar-refractivity contribution >= 4 is 5.97 Å². The van der Waals surface area contributed by atoms with Crippen LogP contribution in [0.5, 0.6) is 11.5 Å². The summed E-state index contributed by atoms with van der Waals surface area (Å²) in [4.78, 5) is 12.0. The predicted octanol–water partition coefficient (Wildman–Crippen LogP) is 5.07. The average Bonchev–Trinajstić information content (AvgIpc) is 2.85. The van der Waals surface area contributed by atoms with E-state index in [1.54, 1.807) is 26.4 Å². The summed E-state index contributed by atoms with van der Waals surface area (Å²) >= 11 is 0. The van der Waals surface area contributed by atoms with Gasteiger partial charge in [0.15, 0.2) is 6.54 Å². The van der Waals surface area contributed by atoms with Gasteiger partial charge in [0.1, 0.15) is 11.5 Å². The number of carboxylic acid groups (broad SMARTS) is 1. The van der Waals surface area contributed by atoms with Crippen molar-refractivity contribution in [1.82, 2.24) is 0 Å². The number of pyridine rings is 1. The molecule has 32 heavy (non-hydrogen) atoms. The number of rotatable bonds is 7. The molecule has 0 spiro atoms. The molecule has 0 saturated carbocycles. The van der Waals surface area contributed by atoms with Crippen LogP contribution in [0.4, 0.5) is 0 Å². The molecule has 5 nitrogen and oxygen atoms in total. The van der Waals surface area contributed by atoms with E-state index in [9.17, 15) is 9.90 Å². The molecular formula is C27H24NO4+. The lowest BCUT2D eigenvalue weighted by atomic mass is 10.0. The van der Waals surface area contributed by atoms with Crippen LogP contribution in [-0.2, 0) is 6.54 Å². The van der Waals surface area contributed by atoms with Gasteiger partial charge in [-0.15, -0.1) is 0 Å². The molecule has 0 aliphatic rings. The van der Waals surface area contributed by atoms with E-state index in [1.165, 1.54) is 0 Å². The first-order valence-electron chi connectivity index (χ1n) is 10.2. The number of carboxylic acids is 1. The Hall–Kier alpha value is -4.12. The molecule has 0 amide bonds. The summed E-state index contributed by atoms with van der Waals surface area (Å²) in [5.74, 6) is 0.516. The Bertz CT molecular complexity index is 1150. The second kappa shape index (κ2) is 9.35. The average molecular weight is 426 g/mol. The van der Waals surface area contributed by atoms with Crippen LogP contribution < -0.4 is 14.0 Å². The molecule has 0 unspecified atom stereocenters. The Balaban J connectivity index is 1.96. The van der Waals surface area contributed by atoms with Crippen molar-refractivity contribution in [2.45, 2.75) is 6.54 Å². The fourth-order valence-electron chi connectivity index (χ4n) is 3.68. The summed E-state index contributed by atoms with van der Waals surface area (Å²) in [5.41, 5.74) is 4.76. The predicted molar refractivity (Wildman–Crippen MR) is 123 cm³/mol. The van der Waals surface area contributed by atoms with E-state index in [0.29, 0.717) is 6.54 Å². The minimum Gasteiger partial charge on any atom is -0.497 e. The van der Waals surface area contributed by atoms with Crippen LogP contribution in [0.2, 0.25) is 0 Å². The van der Waals surface area contributed by atoms with Crippen molar-refractivity contribution in [2.24, 2.45) is 0 Å². The zero-order chi connectivity index (χ0) is 22.5. The third kappa shape index (κ3) is 4.47. The molecular weight excluding hydrogens is 402 g/mol. The molecule has 0 bridgehead atoms. The van der Waals surface area contributed by atoms with Gasteiger partial charge < -0.3 is 14.6 Å². The quantitative estimate of drug-likeness (QED) is 0.419. The summed E-state index contributed by atoms with van der Waals surface area (Å²) < 4.78 is 12.7. The van der Waals surface area contributed by atoms with Crippen LogP contribution in [0.1, 0.15) is 15.9 Å². The van der Waals surface area contributed by atoms with Crippen LogP contribution in [0.3, 0.4) is 0 Å². The van der Waals surface area contributed by atoms with Crippen molar-refractivity contribution in [3.8, 4) is 34.0 Å². The van der Waals surface area contributed by atoms with Gasteiger partial charge in [0.05, 0.1) is 19.8 Å². The number of hydrogen-bond donors (Lipinski definition) is 1. The van der Waals surface area contributed by atoms with Gasteiger partial charge in [0.25, 0.3) is 0 Å². The normalized spacial score (nSPS) is 10.6. The number of benzene rings is 3. The first-order chi connectivity index (χ1) is 15.6. The highest BCUT2D eigenvalue weighted by atomic mass is 16.5. The minimum atomic E-state index is -0.971. The number of methoxy groups -OCH3 is 2. The van der Waals surface area contributed by atoms with Crippen molar-refractivity contribution in [3.05, 3.63) is 102 Å². The van der Waals surface area contributed by atoms with Gasteiger partial charge >= 0.3 is 5.97 Å². The molecule has 1 N–H and O–H groups in total. The van der Waals surface area contributed by atoms with E-state index in [-0.39, 0.29) is 5.56 Å². The van der Waals surface area contributed by atoms with E-state index in [0.717, 1.165) is 39.6 Å². The summed E-state index contributed by atoms with van der Waals surface area (Å²) in [6.07, 6.45) is 0. The first-order valence-corrected chi connectivity index (χ1v) is 10.2. The molecule has 0 radical (unpaired) electrons. The second-order valence-corrected chi connectivity index (χ2v) is 7.35. The summed E-state index contributed by atoms with van der Waals surface area (Å²) in [6.45, 7) is 0.587. The Labute approximate surface area is 187 Å². The Morgan fingerprint density at radius 1 is 0.750 bits per heavy atom. The Kier molecular flexibility index (Phi) is 6.17. The summed E-state index contributed by atoms with van der Waals surface area (Å²) in [6, 6.07) is 28.8. The zero-order valence-electron chi connectivity index (χ0n) is 18.0. The fourth-order valence-corrected chi connectivity index (χ4v) is 3.68. The lowest BCUT2D eigenvalue weighted by molar-refractivity contribution is -0.666. The standard InChI is InChI=1S/C27H23NO4/c1-31-23-12-8-20(9-13-23)25-16-22(27(29)30)17-26(21-10-14-24(32-2)15-11-21)28(25)18-19-6-4-3-5-7-19/h3-17H,18H2,1-2H3/p+1. The Morgan fingerprint density at radius 3 is 1.62 bits per heavy atom. The largest absolute Gasteiger partial charge is 0.497 e. The number of nitrogens with zero attached hydrogens (tertiary/aromatic N) is 1. The van der Waals surface area contributed by atoms with Gasteiger partial charge in [0, 0.05) is 28.8 Å². The van der Waals surface area contributed by atoms with Gasteiger partial charge in [-0.1, -0.05) is 30.3 Å². The highest BCUT2D eigenvalue weighted by molar-refractivity contribution is 5.90. The molecule has 0 saturated heterocycles. The highest BCUT2D eigenvalue weighted by Crippen LogP contribution is 2.27. The van der Waals surface area contributed by atoms with Crippen molar-refractivity contribution < 1.29 is 23.9 Å². The van der Waals surface area contributed by atoms with Gasteiger partial charge in [-0.3, -0.25) is 0 Å². The second-order valence-electron chi connectivity index (χ2n) is 7.35. The van der Waals surface area contributed by atoms with E-state index in [4.69, 9.17) is 9.47 Å². The topological polar surface area (TPSA) is 59.6 Å². The van der Waals surface area contributed by atoms with Crippen LogP contribution in [0.15, 0.2) is 91.0 Å². The maximum absolute atomic E-state index is 12.0. The molecule has 160 valence electrons. The molecule has 4 aromatic rings. The lowest BCUT2D eigenvalue weighted by Crippen LogP contribution is -2.40. The molecule has 3 aromatic carbocycles. The van der Waals surface area contributed by atoms with E-state index >= 15 is 0 Å². The van der Waals surface area contributed by atoms with Crippen molar-refractivity contribution in [2.75, 3.05) is 14.2 Å². The zero-order valence-corrected chi connectivity index (χ0v) is 18.0. The van der Waals surface area contributed by atoms with Gasteiger partial charge in [-0.05, 0) is 48.5 Å². The first kappa shape index (κ1) is 21.1. The summed E-state index contributed by atoms with van der Waals surface area (Å²) in [7, 11) is 3.24. The van der Waals surface area contributed by atoms with Gasteiger partial charge in [-0.2, -0.15) is 4.57 Å². The molecule has 0 aliphatic heterocycles. The van der Waals surface area contributed by atoms with E-state index in [1.807, 2.05) is 66.7 Å². The monoisotopic (exact) mass is 426 g/mol. The fraction of sp³-hybridized carbons (Fsp3) is 0.111. The number of aromatic carboxylic acids is 1. The maximum Gasteiger partial charge on any atom is 0.336 e. The van der Waals surface area contributed by atoms with Crippen LogP contribution >= 0.6 is 0 Å². The third-order valence-corrected chi connectivity index (χ3v) is 5.37. The molecule has 5 heteroatoms.